The summed E-state index contributed by atoms with van der Waals surface area (Å²) in [6, 6.07) is 12.0. The summed E-state index contributed by atoms with van der Waals surface area (Å²) in [5.74, 6) is -5.28. The lowest BCUT2D eigenvalue weighted by atomic mass is 9.72. The Bertz CT molecular complexity index is 1740. The maximum Gasteiger partial charge on any atom is 0.547 e. The number of aromatic carboxylic acids is 1. The van der Waals surface area contributed by atoms with E-state index >= 15 is 0 Å². The van der Waals surface area contributed by atoms with Gasteiger partial charge in [0.05, 0.1) is 27.9 Å². The number of carbonyl (C=O) groups is 3. The zero-order chi connectivity index (χ0) is 29.5. The highest BCUT2D eigenvalue weighted by Crippen LogP contribution is 2.35. The van der Waals surface area contributed by atoms with Crippen molar-refractivity contribution in [3.8, 4) is 5.75 Å². The van der Waals surface area contributed by atoms with E-state index in [1.54, 1.807) is 41.1 Å². The molecule has 1 aliphatic heterocycles. The van der Waals surface area contributed by atoms with E-state index in [1.807, 2.05) is 0 Å². The van der Waals surface area contributed by atoms with Crippen LogP contribution in [0.2, 0.25) is 0 Å². The van der Waals surface area contributed by atoms with Crippen LogP contribution in [-0.4, -0.2) is 55.2 Å². The van der Waals surface area contributed by atoms with Crippen molar-refractivity contribution in [2.24, 2.45) is 0 Å². The van der Waals surface area contributed by atoms with Crippen molar-refractivity contribution in [1.82, 2.24) is 15.0 Å². The molecule has 2 atom stereocenters. The third kappa shape index (κ3) is 5.58. The van der Waals surface area contributed by atoms with Crippen molar-refractivity contribution in [2.45, 2.75) is 18.4 Å². The van der Waals surface area contributed by atoms with Gasteiger partial charge in [-0.15, -0.1) is 0 Å². The maximum atomic E-state index is 14.7. The second-order valence-corrected chi connectivity index (χ2v) is 10.9. The number of carboxylic acids is 1. The Labute approximate surface area is 231 Å². The fraction of sp³-hybridized carbons (Fsp3) is 0.115. The molecule has 0 fully saturated rings. The summed E-state index contributed by atoms with van der Waals surface area (Å²) in [7, 11) is -6.62. The molecule has 2 aromatic carbocycles. The number of para-hydroxylation sites is 1. The van der Waals surface area contributed by atoms with Crippen molar-refractivity contribution in [3.05, 3.63) is 101 Å². The van der Waals surface area contributed by atoms with Crippen LogP contribution in [0.3, 0.4) is 0 Å². The molecule has 6 N–H and O–H groups in total. The minimum Gasteiger partial charge on any atom is -0.534 e. The molecule has 0 spiro atoms. The molecule has 5 rings (SSSR count). The predicted molar refractivity (Wildman–Crippen MR) is 143 cm³/mol. The molecule has 15 heteroatoms. The quantitative estimate of drug-likeness (QED) is 0.138. The average Bonchev–Trinajstić information content (AvgIpc) is 3.40. The van der Waals surface area contributed by atoms with Crippen molar-refractivity contribution < 1.29 is 47.9 Å². The average molecular weight is 581 g/mol. The van der Waals surface area contributed by atoms with Crippen molar-refractivity contribution in [2.75, 3.05) is 0 Å². The summed E-state index contributed by atoms with van der Waals surface area (Å²) >= 11 is 0. The number of halogens is 1. The van der Waals surface area contributed by atoms with Crippen LogP contribution in [0.5, 0.6) is 5.75 Å². The Morgan fingerprint density at radius 1 is 1.05 bits per heavy atom. The number of hydrogen-bond acceptors (Lipinski definition) is 6. The van der Waals surface area contributed by atoms with E-state index in [2.05, 4.69) is 10.6 Å². The molecule has 2 aromatic heterocycles. The van der Waals surface area contributed by atoms with E-state index in [4.69, 9.17) is 4.65 Å². The lowest BCUT2D eigenvalue weighted by Crippen LogP contribution is -2.55. The van der Waals surface area contributed by atoms with Crippen LogP contribution in [0.1, 0.15) is 37.9 Å². The standard InChI is InChI=1S/C26H22BFN3O9P/c28-18-12-14(8-9-20(18)41(37,38)39)22(30-24(32)16-6-2-10-31-11-3-7-19(16)31)25(33)29-21-13-15-4-1-5-17(26(34)35)23(15)40-27(21)36/h1-12,21-22,36H,13H2,(H,29,33)(H,30,32)(H,34,35)(H2,37,38,39)/t21-,22+/m0/s1. The molecule has 1 aliphatic rings. The first-order valence-electron chi connectivity index (χ1n) is 12.2. The molecule has 0 saturated heterocycles. The van der Waals surface area contributed by atoms with Gasteiger partial charge in [-0.25, -0.2) is 9.18 Å². The van der Waals surface area contributed by atoms with E-state index in [-0.39, 0.29) is 28.9 Å². The van der Waals surface area contributed by atoms with Gasteiger partial charge in [0, 0.05) is 12.4 Å². The first-order chi connectivity index (χ1) is 19.4. The number of pyridine rings is 1. The number of hydrogen-bond donors (Lipinski definition) is 6. The largest absolute Gasteiger partial charge is 0.547 e. The van der Waals surface area contributed by atoms with Gasteiger partial charge in [-0.1, -0.05) is 18.2 Å². The van der Waals surface area contributed by atoms with Gasteiger partial charge >= 0.3 is 20.7 Å². The summed E-state index contributed by atoms with van der Waals surface area (Å²) in [6.07, 6.45) is 3.40. The molecule has 2 amide bonds. The van der Waals surface area contributed by atoms with Crippen LogP contribution in [0.15, 0.2) is 73.1 Å². The van der Waals surface area contributed by atoms with Crippen LogP contribution in [0.4, 0.5) is 4.39 Å². The molecule has 0 radical (unpaired) electrons. The minimum atomic E-state index is -4.96. The number of aromatic nitrogens is 1. The fourth-order valence-electron chi connectivity index (χ4n) is 4.69. The van der Waals surface area contributed by atoms with Crippen LogP contribution < -0.4 is 20.6 Å². The molecule has 210 valence electrons. The van der Waals surface area contributed by atoms with E-state index in [0.29, 0.717) is 11.1 Å². The first-order valence-corrected chi connectivity index (χ1v) is 13.8. The molecule has 41 heavy (non-hydrogen) atoms. The number of nitrogens with zero attached hydrogens (tertiary/aromatic N) is 1. The molecule has 0 aliphatic carbocycles. The van der Waals surface area contributed by atoms with Crippen LogP contribution in [0, 0.1) is 5.82 Å². The lowest BCUT2D eigenvalue weighted by molar-refractivity contribution is -0.123. The maximum absolute atomic E-state index is 14.7. The number of carboxylic acid groups (broad SMARTS) is 1. The van der Waals surface area contributed by atoms with E-state index in [9.17, 15) is 43.3 Å². The van der Waals surface area contributed by atoms with Gasteiger partial charge in [0.15, 0.2) is 0 Å². The monoisotopic (exact) mass is 581 g/mol. The fourth-order valence-corrected chi connectivity index (χ4v) is 5.30. The molecular formula is C26H22BFN3O9P. The predicted octanol–water partition coefficient (Wildman–Crippen LogP) is 1.19. The van der Waals surface area contributed by atoms with Gasteiger partial charge in [0.2, 0.25) is 5.91 Å². The molecule has 12 nitrogen and oxygen atoms in total. The Hall–Kier alpha value is -4.49. The van der Waals surface area contributed by atoms with Crippen LogP contribution in [0.25, 0.3) is 5.52 Å². The van der Waals surface area contributed by atoms with Gasteiger partial charge in [-0.3, -0.25) is 14.2 Å². The summed E-state index contributed by atoms with van der Waals surface area (Å²) in [4.78, 5) is 57.2. The Balaban J connectivity index is 1.46. The number of amides is 2. The van der Waals surface area contributed by atoms with Crippen LogP contribution in [-0.2, 0) is 15.8 Å². The molecule has 0 bridgehead atoms. The first kappa shape index (κ1) is 28.1. The third-order valence-electron chi connectivity index (χ3n) is 6.64. The van der Waals surface area contributed by atoms with Crippen LogP contribution >= 0.6 is 7.60 Å². The van der Waals surface area contributed by atoms with Gasteiger partial charge in [0.1, 0.15) is 17.6 Å². The van der Waals surface area contributed by atoms with Gasteiger partial charge in [0.25, 0.3) is 5.91 Å². The molecule has 0 saturated carbocycles. The summed E-state index contributed by atoms with van der Waals surface area (Å²) < 4.78 is 33.4. The zero-order valence-electron chi connectivity index (χ0n) is 21.0. The highest BCUT2D eigenvalue weighted by atomic mass is 31.2. The molecule has 0 unspecified atom stereocenters. The van der Waals surface area contributed by atoms with E-state index in [0.717, 1.165) is 18.2 Å². The number of benzene rings is 2. The summed E-state index contributed by atoms with van der Waals surface area (Å²) in [6.45, 7) is 0. The molecule has 3 heterocycles. The SMILES string of the molecule is O=C(O)c1cccc2c1OB(O)[C@@H](NC(=O)[C@H](NC(=O)c1cccn3cccc13)c1ccc(P(=O)(O)O)c(F)c1)C2. The summed E-state index contributed by atoms with van der Waals surface area (Å²) in [5.41, 5.74) is 0.815. The zero-order valence-corrected chi connectivity index (χ0v) is 21.9. The second kappa shape index (κ2) is 10.8. The third-order valence-corrected chi connectivity index (χ3v) is 7.63. The van der Waals surface area contributed by atoms with E-state index in [1.165, 1.54) is 18.2 Å². The highest BCUT2D eigenvalue weighted by molar-refractivity contribution is 7.60. The Kier molecular flexibility index (Phi) is 7.41. The van der Waals surface area contributed by atoms with Gasteiger partial charge in [-0.05, 0) is 60.0 Å². The second-order valence-electron chi connectivity index (χ2n) is 9.31. The topological polar surface area (TPSA) is 187 Å². The number of nitrogens with one attached hydrogen (secondary N) is 2. The molecule has 4 aromatic rings. The summed E-state index contributed by atoms with van der Waals surface area (Å²) in [5, 5.41) is 24.2. The van der Waals surface area contributed by atoms with Crippen molar-refractivity contribution in [1.29, 1.82) is 0 Å². The van der Waals surface area contributed by atoms with Crippen molar-refractivity contribution in [3.63, 3.8) is 0 Å². The Morgan fingerprint density at radius 3 is 2.44 bits per heavy atom. The number of carbonyl (C=O) groups excluding carboxylic acids is 2. The number of rotatable bonds is 7. The smallest absolute Gasteiger partial charge is 0.534 e. The number of fused-ring (bicyclic) bond motifs is 2. The normalized spacial score (nSPS) is 15.5. The Morgan fingerprint density at radius 2 is 1.76 bits per heavy atom. The highest BCUT2D eigenvalue weighted by Gasteiger charge is 2.39. The lowest BCUT2D eigenvalue weighted by Gasteiger charge is -2.30. The van der Waals surface area contributed by atoms with Crippen molar-refractivity contribution >= 4 is 43.3 Å². The minimum absolute atomic E-state index is 0.0288. The van der Waals surface area contributed by atoms with Gasteiger partial charge in [-0.2, -0.15) is 0 Å². The van der Waals surface area contributed by atoms with Gasteiger partial charge < -0.3 is 39.6 Å². The van der Waals surface area contributed by atoms with E-state index < -0.39 is 55.6 Å². The molecular weight excluding hydrogens is 559 g/mol.